The second kappa shape index (κ2) is 5.92. The van der Waals surface area contributed by atoms with E-state index in [0.29, 0.717) is 12.4 Å². The normalized spacial score (nSPS) is 24.0. The predicted molar refractivity (Wildman–Crippen MR) is 84.4 cm³/mol. The number of aromatic amines is 1. The second-order valence-corrected chi connectivity index (χ2v) is 6.75. The maximum Gasteiger partial charge on any atom is 0.434 e. The Balaban J connectivity index is 1.46. The van der Waals surface area contributed by atoms with Crippen molar-refractivity contribution in [1.29, 1.82) is 0 Å². The number of aromatic nitrogens is 4. The van der Waals surface area contributed by atoms with E-state index in [1.165, 1.54) is 11.3 Å². The molecule has 0 bridgehead atoms. The Kier molecular flexibility index (Phi) is 3.74. The quantitative estimate of drug-likeness (QED) is 0.869. The average Bonchev–Trinajstić information content (AvgIpc) is 3.20. The lowest BCUT2D eigenvalue weighted by Gasteiger charge is -2.34. The highest BCUT2D eigenvalue weighted by Crippen LogP contribution is 2.30. The van der Waals surface area contributed by atoms with Gasteiger partial charge in [-0.2, -0.15) is 5.10 Å². The Bertz CT molecular complexity index is 805. The topological polar surface area (TPSA) is 97.0 Å². The van der Waals surface area contributed by atoms with Crippen LogP contribution in [0.15, 0.2) is 15.4 Å². The number of H-pyrrole nitrogens is 1. The zero-order valence-electron chi connectivity index (χ0n) is 13.7. The zero-order chi connectivity index (χ0) is 16.7. The molecule has 4 rings (SSSR count). The number of aryl methyl sites for hydroxylation is 2. The van der Waals surface area contributed by atoms with Gasteiger partial charge in [0.25, 0.3) is 0 Å². The van der Waals surface area contributed by atoms with Gasteiger partial charge in [0.2, 0.25) is 11.8 Å². The lowest BCUT2D eigenvalue weighted by Crippen LogP contribution is -2.43. The third-order valence-electron chi connectivity index (χ3n) is 5.24. The summed E-state index contributed by atoms with van der Waals surface area (Å²) in [6.07, 6.45) is 6.22. The van der Waals surface area contributed by atoms with Crippen LogP contribution >= 0.6 is 0 Å². The number of hydrogen-bond acceptors (Lipinski definition) is 5. The van der Waals surface area contributed by atoms with Gasteiger partial charge in [-0.1, -0.05) is 0 Å². The summed E-state index contributed by atoms with van der Waals surface area (Å²) in [6, 6.07) is 0. The number of hydrogen-bond donors (Lipinski definition) is 1. The highest BCUT2D eigenvalue weighted by atomic mass is 16.4. The summed E-state index contributed by atoms with van der Waals surface area (Å²) in [5.41, 5.74) is 2.43. The van der Waals surface area contributed by atoms with Crippen molar-refractivity contribution in [3.8, 4) is 0 Å². The van der Waals surface area contributed by atoms with Gasteiger partial charge in [-0.15, -0.1) is 5.10 Å². The predicted octanol–water partition coefficient (Wildman–Crippen LogP) is 0.607. The summed E-state index contributed by atoms with van der Waals surface area (Å²) in [6.45, 7) is 1.33. The van der Waals surface area contributed by atoms with E-state index in [9.17, 15) is 9.59 Å². The average molecular weight is 331 g/mol. The fourth-order valence-corrected chi connectivity index (χ4v) is 3.91. The largest absolute Gasteiger partial charge is 0.434 e. The monoisotopic (exact) mass is 331 g/mol. The SMILES string of the molecule is Cn1ncc2c1CC(C(=O)N1CCCC(c3n[nH]c(=O)o3)C1)CC2. The fourth-order valence-electron chi connectivity index (χ4n) is 3.91. The molecule has 24 heavy (non-hydrogen) atoms. The van der Waals surface area contributed by atoms with Crippen molar-refractivity contribution in [2.75, 3.05) is 13.1 Å². The molecular weight excluding hydrogens is 310 g/mol. The molecule has 0 saturated carbocycles. The van der Waals surface area contributed by atoms with Crippen molar-refractivity contribution in [3.05, 3.63) is 33.9 Å². The summed E-state index contributed by atoms with van der Waals surface area (Å²) >= 11 is 0. The lowest BCUT2D eigenvalue weighted by molar-refractivity contribution is -0.137. The van der Waals surface area contributed by atoms with E-state index in [1.54, 1.807) is 0 Å². The molecule has 1 N–H and O–H groups in total. The summed E-state index contributed by atoms with van der Waals surface area (Å²) in [4.78, 5) is 26.0. The maximum atomic E-state index is 13.0. The number of amides is 1. The summed E-state index contributed by atoms with van der Waals surface area (Å²) < 4.78 is 6.96. The Morgan fingerprint density at radius 2 is 2.29 bits per heavy atom. The van der Waals surface area contributed by atoms with Crippen molar-refractivity contribution in [2.24, 2.45) is 13.0 Å². The Labute approximate surface area is 138 Å². The molecular formula is C16H21N5O3. The highest BCUT2D eigenvalue weighted by Gasteiger charge is 2.34. The van der Waals surface area contributed by atoms with Crippen molar-refractivity contribution in [3.63, 3.8) is 0 Å². The second-order valence-electron chi connectivity index (χ2n) is 6.75. The molecule has 0 aromatic carbocycles. The van der Waals surface area contributed by atoms with Crippen molar-refractivity contribution in [2.45, 2.75) is 38.0 Å². The molecule has 0 spiro atoms. The van der Waals surface area contributed by atoms with Gasteiger partial charge in [-0.3, -0.25) is 9.48 Å². The minimum Gasteiger partial charge on any atom is -0.392 e. The smallest absolute Gasteiger partial charge is 0.392 e. The van der Waals surface area contributed by atoms with Gasteiger partial charge in [0, 0.05) is 38.2 Å². The van der Waals surface area contributed by atoms with Crippen LogP contribution < -0.4 is 5.76 Å². The van der Waals surface area contributed by atoms with Gasteiger partial charge in [0.15, 0.2) is 0 Å². The summed E-state index contributed by atoms with van der Waals surface area (Å²) in [5, 5.41) is 10.5. The molecule has 1 amide bonds. The van der Waals surface area contributed by atoms with Gasteiger partial charge < -0.3 is 9.32 Å². The van der Waals surface area contributed by atoms with Crippen molar-refractivity contribution < 1.29 is 9.21 Å². The minimum atomic E-state index is -0.538. The van der Waals surface area contributed by atoms with Gasteiger partial charge in [-0.05, 0) is 31.2 Å². The molecule has 8 heteroatoms. The zero-order valence-corrected chi connectivity index (χ0v) is 13.7. The molecule has 1 aliphatic heterocycles. The number of rotatable bonds is 2. The molecule has 8 nitrogen and oxygen atoms in total. The van der Waals surface area contributed by atoms with Crippen molar-refractivity contribution >= 4 is 5.91 Å². The van der Waals surface area contributed by atoms with Gasteiger partial charge >= 0.3 is 5.76 Å². The molecule has 1 saturated heterocycles. The molecule has 2 aromatic rings. The molecule has 2 unspecified atom stereocenters. The first kappa shape index (κ1) is 15.2. The highest BCUT2D eigenvalue weighted by molar-refractivity contribution is 5.79. The van der Waals surface area contributed by atoms with Crippen LogP contribution in [0.4, 0.5) is 0 Å². The Hall–Kier alpha value is -2.38. The van der Waals surface area contributed by atoms with Crippen LogP contribution in [0.3, 0.4) is 0 Å². The Morgan fingerprint density at radius 3 is 3.08 bits per heavy atom. The maximum absolute atomic E-state index is 13.0. The summed E-state index contributed by atoms with van der Waals surface area (Å²) in [7, 11) is 1.93. The number of piperidine rings is 1. The number of carbonyl (C=O) groups is 1. The lowest BCUT2D eigenvalue weighted by atomic mass is 9.86. The molecule has 2 aliphatic rings. The third kappa shape index (κ3) is 2.65. The van der Waals surface area contributed by atoms with Crippen LogP contribution in [-0.2, 0) is 24.7 Å². The number of likely N-dealkylation sites (tertiary alicyclic amines) is 1. The number of nitrogens with one attached hydrogen (secondary N) is 1. The van der Waals surface area contributed by atoms with E-state index in [0.717, 1.165) is 38.6 Å². The molecule has 1 fully saturated rings. The van der Waals surface area contributed by atoms with Crippen LogP contribution in [-0.4, -0.2) is 43.9 Å². The van der Waals surface area contributed by atoms with E-state index >= 15 is 0 Å². The van der Waals surface area contributed by atoms with Crippen molar-refractivity contribution in [1.82, 2.24) is 24.9 Å². The molecule has 2 aromatic heterocycles. The minimum absolute atomic E-state index is 0.00231. The molecule has 0 radical (unpaired) electrons. The van der Waals surface area contributed by atoms with E-state index in [-0.39, 0.29) is 17.7 Å². The Morgan fingerprint density at radius 1 is 1.42 bits per heavy atom. The van der Waals surface area contributed by atoms with Crippen LogP contribution in [0, 0.1) is 5.92 Å². The van der Waals surface area contributed by atoms with Crippen LogP contribution in [0.5, 0.6) is 0 Å². The third-order valence-corrected chi connectivity index (χ3v) is 5.24. The van der Waals surface area contributed by atoms with Crippen LogP contribution in [0.1, 0.15) is 42.3 Å². The molecule has 128 valence electrons. The van der Waals surface area contributed by atoms with E-state index in [4.69, 9.17) is 4.42 Å². The number of fused-ring (bicyclic) bond motifs is 1. The first-order chi connectivity index (χ1) is 11.6. The van der Waals surface area contributed by atoms with E-state index in [2.05, 4.69) is 15.3 Å². The van der Waals surface area contributed by atoms with Gasteiger partial charge in [0.1, 0.15) is 0 Å². The summed E-state index contributed by atoms with van der Waals surface area (Å²) in [5.74, 6) is 0.0827. The molecule has 3 heterocycles. The fraction of sp³-hybridized carbons (Fsp3) is 0.625. The molecule has 1 aliphatic carbocycles. The van der Waals surface area contributed by atoms with Gasteiger partial charge in [0.05, 0.1) is 12.1 Å². The molecule has 2 atom stereocenters. The first-order valence-electron chi connectivity index (χ1n) is 8.45. The number of nitrogens with zero attached hydrogens (tertiary/aromatic N) is 4. The van der Waals surface area contributed by atoms with E-state index in [1.807, 2.05) is 22.8 Å². The standard InChI is InChI=1S/C16H21N5O3/c1-20-13-7-10(4-5-11(13)8-17-20)15(22)21-6-2-3-12(9-21)14-18-19-16(23)24-14/h8,10,12H,2-7,9H2,1H3,(H,19,23). The number of carbonyl (C=O) groups excluding carboxylic acids is 1. The van der Waals surface area contributed by atoms with Crippen LogP contribution in [0.2, 0.25) is 0 Å². The first-order valence-corrected chi connectivity index (χ1v) is 8.45. The van der Waals surface area contributed by atoms with E-state index < -0.39 is 5.76 Å². The van der Waals surface area contributed by atoms with Crippen LogP contribution in [0.25, 0.3) is 0 Å². The van der Waals surface area contributed by atoms with Gasteiger partial charge in [-0.25, -0.2) is 9.89 Å².